The molecule has 0 radical (unpaired) electrons. The van der Waals surface area contributed by atoms with Gasteiger partial charge >= 0.3 is 5.97 Å². The Balaban J connectivity index is 1.71. The number of benzene rings is 3. The summed E-state index contributed by atoms with van der Waals surface area (Å²) in [5, 5.41) is 5.94. The number of hydrogen-bond donors (Lipinski definition) is 0. The lowest BCUT2D eigenvalue weighted by molar-refractivity contribution is -0.151. The molecule has 0 spiro atoms. The highest BCUT2D eigenvalue weighted by molar-refractivity contribution is 6.99. The highest BCUT2D eigenvalue weighted by Gasteiger charge is 2.52. The molecule has 0 aliphatic carbocycles. The molecular weight excluding hydrogens is 875 g/mol. The normalized spacial score (nSPS) is 18.5. The van der Waals surface area contributed by atoms with Crippen LogP contribution in [0.1, 0.15) is 104 Å². The van der Waals surface area contributed by atoms with Gasteiger partial charge in [-0.2, -0.15) is 0 Å². The van der Waals surface area contributed by atoms with Crippen LogP contribution < -0.4 is 15.1 Å². The lowest BCUT2D eigenvalue weighted by Crippen LogP contribution is -2.67. The van der Waals surface area contributed by atoms with E-state index in [1.54, 1.807) is 0 Å². The minimum Gasteiger partial charge on any atom is -0.493 e. The summed E-state index contributed by atoms with van der Waals surface area (Å²) in [7, 11) is -6.59. The molecule has 13 heteroatoms. The van der Waals surface area contributed by atoms with Crippen molar-refractivity contribution in [1.29, 1.82) is 0 Å². The molecule has 1 aliphatic heterocycles. The molecular formula is C53H81N3O7Si3. The predicted molar refractivity (Wildman–Crippen MR) is 280 cm³/mol. The van der Waals surface area contributed by atoms with E-state index >= 15 is 0 Å². The zero-order chi connectivity index (χ0) is 49.1. The number of aryl methyl sites for hydroxylation is 1. The number of esters is 1. The zero-order valence-electron chi connectivity index (χ0n) is 43.1. The van der Waals surface area contributed by atoms with Gasteiger partial charge in [-0.1, -0.05) is 164 Å². The van der Waals surface area contributed by atoms with Crippen LogP contribution in [0.3, 0.4) is 0 Å². The summed E-state index contributed by atoms with van der Waals surface area (Å²) in [6.07, 6.45) is 8.10. The van der Waals surface area contributed by atoms with Crippen LogP contribution in [0.15, 0.2) is 96.1 Å². The molecule has 1 heterocycles. The van der Waals surface area contributed by atoms with Crippen LogP contribution in [0.5, 0.6) is 5.75 Å². The predicted octanol–water partition coefficient (Wildman–Crippen LogP) is 13.0. The van der Waals surface area contributed by atoms with Gasteiger partial charge in [0.15, 0.2) is 14.1 Å². The second-order valence-electron chi connectivity index (χ2n) is 22.1. The van der Waals surface area contributed by atoms with Gasteiger partial charge < -0.3 is 27.8 Å². The van der Waals surface area contributed by atoms with Crippen molar-refractivity contribution >= 4 is 47.1 Å². The second-order valence-corrected chi connectivity index (χ2v) is 36.8. The maximum atomic E-state index is 13.8. The fourth-order valence-corrected chi connectivity index (χ4v) is 14.8. The number of carbonyl (C=O) groups excluding carboxylic acids is 1. The quantitative estimate of drug-likeness (QED) is 0.0187. The van der Waals surface area contributed by atoms with Gasteiger partial charge in [-0.25, -0.2) is 4.79 Å². The highest BCUT2D eigenvalue weighted by Crippen LogP contribution is 2.42. The molecule has 66 heavy (non-hydrogen) atoms. The van der Waals surface area contributed by atoms with Crippen molar-refractivity contribution < 1.29 is 32.6 Å². The van der Waals surface area contributed by atoms with Crippen molar-refractivity contribution in [2.45, 2.75) is 168 Å². The Kier molecular flexibility index (Phi) is 19.1. The Bertz CT molecular complexity index is 2100. The third-order valence-electron chi connectivity index (χ3n) is 13.0. The van der Waals surface area contributed by atoms with E-state index in [0.29, 0.717) is 49.5 Å². The Labute approximate surface area is 400 Å². The van der Waals surface area contributed by atoms with Crippen LogP contribution in [0.2, 0.25) is 48.9 Å². The summed E-state index contributed by atoms with van der Waals surface area (Å²) in [4.78, 5) is 16.7. The molecule has 3 aromatic rings. The number of nitrogens with zero attached hydrogens (tertiary/aromatic N) is 3. The van der Waals surface area contributed by atoms with Gasteiger partial charge in [0.2, 0.25) is 0 Å². The van der Waals surface area contributed by atoms with Gasteiger partial charge in [-0.15, -0.1) is 0 Å². The number of ether oxygens (including phenoxy) is 4. The SMILES string of the molecule is Cc1ccc(OCCCN=[N+]=[N-])c(/C=C/C[C@@H]2OC(C)(C)O[C@@H]2C(/C=C\[C@@H](C)[C@H](C)O[Si](c2ccccc2)(c2ccccc2)C(C)(C)C)O[Si](C)(C)C(C)(C)C)c1C(=O)OCC[Si](C)(C)C. The van der Waals surface area contributed by atoms with Crippen LogP contribution in [-0.4, -0.2) is 80.6 Å². The smallest absolute Gasteiger partial charge is 0.339 e. The first-order chi connectivity index (χ1) is 30.7. The van der Waals surface area contributed by atoms with E-state index in [0.717, 1.165) is 11.6 Å². The zero-order valence-corrected chi connectivity index (χ0v) is 46.1. The van der Waals surface area contributed by atoms with Gasteiger partial charge in [-0.05, 0) is 103 Å². The average Bonchev–Trinajstić information content (AvgIpc) is 3.54. The van der Waals surface area contributed by atoms with E-state index in [-0.39, 0.29) is 34.2 Å². The first-order valence-electron chi connectivity index (χ1n) is 23.8. The van der Waals surface area contributed by atoms with Gasteiger partial charge in [0, 0.05) is 31.2 Å². The Morgan fingerprint density at radius 1 is 0.848 bits per heavy atom. The van der Waals surface area contributed by atoms with Crippen molar-refractivity contribution in [2.24, 2.45) is 11.0 Å². The van der Waals surface area contributed by atoms with Crippen molar-refractivity contribution in [2.75, 3.05) is 19.8 Å². The van der Waals surface area contributed by atoms with Gasteiger partial charge in [0.1, 0.15) is 11.9 Å². The lowest BCUT2D eigenvalue weighted by atomic mass is 9.98. The molecule has 0 saturated carbocycles. The van der Waals surface area contributed by atoms with Crippen molar-refractivity contribution in [1.82, 2.24) is 0 Å². The molecule has 4 rings (SSSR count). The largest absolute Gasteiger partial charge is 0.493 e. The highest BCUT2D eigenvalue weighted by atomic mass is 28.4. The standard InChI is InChI=1S/C53H81N3O7Si3/c1-39(41(3)62-66(52(7,8)9,42-25-19-17-20-26-42)43-27-21-18-22-28-43)31-34-47(63-65(15,16)51(4,5)6)49-46(60-53(10,11)61-49)30-23-29-44-45(58-36-24-35-55-56-54)33-32-40(2)48(44)50(57)59-37-38-64(12,13)14/h17-23,25-29,31-34,39,41,46-47,49H,24,30,35-38H2,1-16H3/b29-23+,34-31-/t39-,41+,46+,47?,49+/m1/s1. The molecule has 0 aromatic heterocycles. The Morgan fingerprint density at radius 2 is 1.45 bits per heavy atom. The topological polar surface area (TPSA) is 121 Å². The number of hydrogen-bond acceptors (Lipinski definition) is 8. The van der Waals surface area contributed by atoms with Gasteiger partial charge in [0.05, 0.1) is 31.0 Å². The molecule has 1 unspecified atom stereocenters. The van der Waals surface area contributed by atoms with Crippen molar-refractivity contribution in [3.63, 3.8) is 0 Å². The first-order valence-corrected chi connectivity index (χ1v) is 32.4. The summed E-state index contributed by atoms with van der Waals surface area (Å²) >= 11 is 0. The van der Waals surface area contributed by atoms with Crippen LogP contribution in [0.4, 0.5) is 0 Å². The van der Waals surface area contributed by atoms with Crippen LogP contribution in [-0.2, 0) is 23.1 Å². The summed E-state index contributed by atoms with van der Waals surface area (Å²) in [5.41, 5.74) is 10.7. The number of rotatable bonds is 22. The summed E-state index contributed by atoms with van der Waals surface area (Å²) in [5.74, 6) is -0.659. The van der Waals surface area contributed by atoms with Crippen LogP contribution in [0, 0.1) is 12.8 Å². The number of carbonyl (C=O) groups is 1. The molecule has 0 N–H and O–H groups in total. The average molecular weight is 957 g/mol. The fourth-order valence-electron chi connectivity index (χ4n) is 8.05. The van der Waals surface area contributed by atoms with E-state index in [9.17, 15) is 4.79 Å². The molecule has 3 aromatic carbocycles. The summed E-state index contributed by atoms with van der Waals surface area (Å²) in [6, 6.07) is 26.2. The van der Waals surface area contributed by atoms with Crippen molar-refractivity contribution in [3.05, 3.63) is 118 Å². The second kappa shape index (κ2) is 23.0. The molecule has 10 nitrogen and oxygen atoms in total. The third-order valence-corrected chi connectivity index (χ3v) is 24.3. The van der Waals surface area contributed by atoms with E-state index in [2.05, 4.69) is 171 Å². The minimum atomic E-state index is -2.80. The monoisotopic (exact) mass is 956 g/mol. The number of azide groups is 1. The molecule has 1 aliphatic rings. The Hall–Kier alpha value is -3.79. The minimum absolute atomic E-state index is 0.0289. The van der Waals surface area contributed by atoms with E-state index in [1.807, 2.05) is 45.1 Å². The van der Waals surface area contributed by atoms with Crippen LogP contribution in [0.25, 0.3) is 16.5 Å². The van der Waals surface area contributed by atoms with Gasteiger partial charge in [-0.3, -0.25) is 0 Å². The van der Waals surface area contributed by atoms with E-state index in [4.69, 9.17) is 33.3 Å². The van der Waals surface area contributed by atoms with E-state index in [1.165, 1.54) is 10.4 Å². The first kappa shape index (κ1) is 54.8. The maximum Gasteiger partial charge on any atom is 0.339 e. The molecule has 1 fully saturated rings. The molecule has 0 bridgehead atoms. The molecule has 5 atom stereocenters. The molecule has 362 valence electrons. The maximum absolute atomic E-state index is 13.8. The van der Waals surface area contributed by atoms with Gasteiger partial charge in [0.25, 0.3) is 8.32 Å². The van der Waals surface area contributed by atoms with E-state index < -0.39 is 42.7 Å². The summed E-state index contributed by atoms with van der Waals surface area (Å²) < 4.78 is 40.5. The fraction of sp³-hybridized carbons (Fsp3) is 0.566. The molecule has 0 amide bonds. The third kappa shape index (κ3) is 14.6. The lowest BCUT2D eigenvalue weighted by Gasteiger charge is -2.45. The summed E-state index contributed by atoms with van der Waals surface area (Å²) in [6.45, 7) is 36.3. The Morgan fingerprint density at radius 3 is 2.00 bits per heavy atom. The molecule has 1 saturated heterocycles. The van der Waals surface area contributed by atoms with Crippen LogP contribution >= 0.6 is 0 Å². The van der Waals surface area contributed by atoms with Crippen molar-refractivity contribution in [3.8, 4) is 5.75 Å².